The number of amides is 1. The highest BCUT2D eigenvalue weighted by atomic mass is 16.5. The molecule has 0 atom stereocenters. The molecule has 1 aromatic carbocycles. The standard InChI is InChI=1S/C24H25N3O5/c1-4-17(16-9-7-6-8-10-16)15(3)13-27-19-11-12-26-24(32-14-20(28)29)21(19)18(5-2)22(30)23(25)31/h4-12H,1,13-14H2,2-3H3,(H2,25,31)(H,26,27)(H,28,29)/b17-15-,18-5-. The van der Waals surface area contributed by atoms with E-state index in [1.54, 1.807) is 19.1 Å². The zero-order chi connectivity index (χ0) is 23.7. The summed E-state index contributed by atoms with van der Waals surface area (Å²) in [6, 6.07) is 11.3. The van der Waals surface area contributed by atoms with Gasteiger partial charge in [0.15, 0.2) is 6.61 Å². The Morgan fingerprint density at radius 3 is 2.47 bits per heavy atom. The normalized spacial score (nSPS) is 11.9. The molecule has 1 heterocycles. The first kappa shape index (κ1) is 24.1. The van der Waals surface area contributed by atoms with E-state index in [4.69, 9.17) is 15.6 Å². The summed E-state index contributed by atoms with van der Waals surface area (Å²) in [7, 11) is 0. The maximum Gasteiger partial charge on any atom is 0.341 e. The van der Waals surface area contributed by atoms with Crippen LogP contribution in [-0.2, 0) is 14.4 Å². The van der Waals surface area contributed by atoms with Gasteiger partial charge in [0.05, 0.1) is 5.56 Å². The molecule has 0 aliphatic carbocycles. The Morgan fingerprint density at radius 2 is 1.91 bits per heavy atom. The first-order chi connectivity index (χ1) is 15.3. The van der Waals surface area contributed by atoms with Gasteiger partial charge in [-0.15, -0.1) is 0 Å². The van der Waals surface area contributed by atoms with Crippen molar-refractivity contribution in [2.75, 3.05) is 18.5 Å². The topological polar surface area (TPSA) is 132 Å². The summed E-state index contributed by atoms with van der Waals surface area (Å²) in [5, 5.41) is 12.2. The number of allylic oxidation sites excluding steroid dienone is 3. The molecule has 1 aromatic heterocycles. The number of primary amides is 1. The zero-order valence-corrected chi connectivity index (χ0v) is 17.9. The monoisotopic (exact) mass is 435 g/mol. The number of hydrogen-bond acceptors (Lipinski definition) is 6. The summed E-state index contributed by atoms with van der Waals surface area (Å²) in [6.45, 7) is 7.09. The van der Waals surface area contributed by atoms with Crippen LogP contribution in [0.1, 0.15) is 25.0 Å². The summed E-state index contributed by atoms with van der Waals surface area (Å²) < 4.78 is 5.27. The van der Waals surface area contributed by atoms with Gasteiger partial charge < -0.3 is 20.9 Å². The quantitative estimate of drug-likeness (QED) is 0.281. The lowest BCUT2D eigenvalue weighted by Gasteiger charge is -2.17. The van der Waals surface area contributed by atoms with Crippen molar-refractivity contribution in [1.29, 1.82) is 0 Å². The number of pyridine rings is 1. The first-order valence-electron chi connectivity index (χ1n) is 9.76. The second-order valence-electron chi connectivity index (χ2n) is 6.73. The fourth-order valence-corrected chi connectivity index (χ4v) is 3.09. The molecule has 0 unspecified atom stereocenters. The number of ketones is 1. The van der Waals surface area contributed by atoms with E-state index in [2.05, 4.69) is 16.9 Å². The number of aromatic nitrogens is 1. The Morgan fingerprint density at radius 1 is 1.22 bits per heavy atom. The smallest absolute Gasteiger partial charge is 0.341 e. The number of Topliss-reactive ketones (excluding diaryl/α,β-unsaturated/α-hetero) is 1. The number of benzene rings is 1. The summed E-state index contributed by atoms with van der Waals surface area (Å²) in [5.41, 5.74) is 8.65. The Labute approximate surface area is 186 Å². The number of nitrogens with one attached hydrogen (secondary N) is 1. The molecular weight excluding hydrogens is 410 g/mol. The van der Waals surface area contributed by atoms with Crippen molar-refractivity contribution in [1.82, 2.24) is 4.98 Å². The van der Waals surface area contributed by atoms with E-state index in [1.807, 2.05) is 37.3 Å². The van der Waals surface area contributed by atoms with E-state index >= 15 is 0 Å². The third-order valence-corrected chi connectivity index (χ3v) is 4.57. The van der Waals surface area contributed by atoms with Gasteiger partial charge in [0.2, 0.25) is 11.7 Å². The van der Waals surface area contributed by atoms with Crippen LogP contribution in [-0.4, -0.2) is 40.9 Å². The van der Waals surface area contributed by atoms with Crippen LogP contribution in [0.5, 0.6) is 5.88 Å². The van der Waals surface area contributed by atoms with Crippen molar-refractivity contribution in [3.8, 4) is 5.88 Å². The van der Waals surface area contributed by atoms with Gasteiger partial charge in [0, 0.05) is 24.0 Å². The molecule has 0 saturated heterocycles. The van der Waals surface area contributed by atoms with Crippen molar-refractivity contribution in [2.45, 2.75) is 13.8 Å². The van der Waals surface area contributed by atoms with Gasteiger partial charge in [-0.2, -0.15) is 0 Å². The molecule has 2 aromatic rings. The van der Waals surface area contributed by atoms with E-state index in [9.17, 15) is 14.4 Å². The molecule has 0 aliphatic rings. The minimum absolute atomic E-state index is 0.0397. The minimum atomic E-state index is -1.21. The highest BCUT2D eigenvalue weighted by molar-refractivity contribution is 6.53. The molecule has 8 nitrogen and oxygen atoms in total. The number of carboxylic acids is 1. The van der Waals surface area contributed by atoms with Gasteiger partial charge in [-0.3, -0.25) is 9.59 Å². The predicted octanol–water partition coefficient (Wildman–Crippen LogP) is 3.07. The van der Waals surface area contributed by atoms with Gasteiger partial charge in [-0.1, -0.05) is 49.1 Å². The molecule has 0 radical (unpaired) electrons. The van der Waals surface area contributed by atoms with E-state index in [0.717, 1.165) is 16.7 Å². The van der Waals surface area contributed by atoms with Gasteiger partial charge in [0.25, 0.3) is 5.91 Å². The van der Waals surface area contributed by atoms with Gasteiger partial charge in [0.1, 0.15) is 0 Å². The van der Waals surface area contributed by atoms with E-state index < -0.39 is 24.3 Å². The van der Waals surface area contributed by atoms with Crippen LogP contribution in [0.25, 0.3) is 11.1 Å². The molecule has 166 valence electrons. The molecule has 4 N–H and O–H groups in total. The predicted molar refractivity (Wildman–Crippen MR) is 123 cm³/mol. The number of nitrogens with two attached hydrogens (primary N) is 1. The van der Waals surface area contributed by atoms with Crippen LogP contribution in [0, 0.1) is 0 Å². The van der Waals surface area contributed by atoms with Crippen LogP contribution < -0.4 is 15.8 Å². The summed E-state index contributed by atoms with van der Waals surface area (Å²) in [4.78, 5) is 39.0. The van der Waals surface area contributed by atoms with Crippen LogP contribution in [0.15, 0.2) is 66.9 Å². The van der Waals surface area contributed by atoms with Crippen LogP contribution >= 0.6 is 0 Å². The number of carbonyl (C=O) groups is 3. The number of rotatable bonds is 11. The first-order valence-corrected chi connectivity index (χ1v) is 9.76. The van der Waals surface area contributed by atoms with Gasteiger partial charge in [-0.05, 0) is 36.6 Å². The average molecular weight is 435 g/mol. The van der Waals surface area contributed by atoms with E-state index in [-0.39, 0.29) is 17.0 Å². The van der Waals surface area contributed by atoms with Crippen molar-refractivity contribution in [3.05, 3.63) is 78.0 Å². The number of aliphatic carboxylic acids is 1. The third kappa shape index (κ3) is 5.91. The maximum absolute atomic E-state index is 12.4. The molecular formula is C24H25N3O5. The fourth-order valence-electron chi connectivity index (χ4n) is 3.09. The molecule has 0 saturated carbocycles. The molecule has 8 heteroatoms. The SMILES string of the molecule is C=C/C(=C(\C)CNc1ccnc(OCC(=O)O)c1/C(=C/C)C(=O)C(N)=O)c1ccccc1. The lowest BCUT2D eigenvalue weighted by atomic mass is 9.99. The largest absolute Gasteiger partial charge is 0.479 e. The molecule has 0 bridgehead atoms. The lowest BCUT2D eigenvalue weighted by Crippen LogP contribution is -2.25. The van der Waals surface area contributed by atoms with Crippen LogP contribution in [0.2, 0.25) is 0 Å². The Balaban J connectivity index is 2.48. The molecule has 0 fully saturated rings. The number of anilines is 1. The highest BCUT2D eigenvalue weighted by Gasteiger charge is 2.24. The maximum atomic E-state index is 12.4. The second-order valence-corrected chi connectivity index (χ2v) is 6.73. The highest BCUT2D eigenvalue weighted by Crippen LogP contribution is 2.33. The molecule has 2 rings (SSSR count). The van der Waals surface area contributed by atoms with Crippen LogP contribution in [0.4, 0.5) is 5.69 Å². The van der Waals surface area contributed by atoms with Gasteiger partial charge in [-0.25, -0.2) is 9.78 Å². The molecule has 32 heavy (non-hydrogen) atoms. The Kier molecular flexibility index (Phi) is 8.47. The third-order valence-electron chi connectivity index (χ3n) is 4.57. The Bertz CT molecular complexity index is 1090. The fraction of sp³-hybridized carbons (Fsp3) is 0.167. The zero-order valence-electron chi connectivity index (χ0n) is 17.9. The van der Waals surface area contributed by atoms with Crippen molar-refractivity contribution in [3.63, 3.8) is 0 Å². The number of ether oxygens (including phenoxy) is 1. The number of carboxylic acid groups (broad SMARTS) is 1. The lowest BCUT2D eigenvalue weighted by molar-refractivity contribution is -0.139. The van der Waals surface area contributed by atoms with Crippen molar-refractivity contribution >= 4 is 34.5 Å². The van der Waals surface area contributed by atoms with Crippen LogP contribution in [0.3, 0.4) is 0 Å². The second kappa shape index (κ2) is 11.3. The van der Waals surface area contributed by atoms with E-state index in [1.165, 1.54) is 12.3 Å². The molecule has 1 amide bonds. The number of nitrogens with zero attached hydrogens (tertiary/aromatic N) is 1. The number of carbonyl (C=O) groups excluding carboxylic acids is 2. The summed E-state index contributed by atoms with van der Waals surface area (Å²) in [6.07, 6.45) is 4.58. The number of hydrogen-bond donors (Lipinski definition) is 3. The Hall–Kier alpha value is -4.20. The molecule has 0 aliphatic heterocycles. The summed E-state index contributed by atoms with van der Waals surface area (Å²) in [5.74, 6) is -3.40. The molecule has 0 spiro atoms. The average Bonchev–Trinajstić information content (AvgIpc) is 2.78. The van der Waals surface area contributed by atoms with Crippen molar-refractivity contribution in [2.24, 2.45) is 5.73 Å². The van der Waals surface area contributed by atoms with E-state index in [0.29, 0.717) is 12.2 Å². The van der Waals surface area contributed by atoms with Gasteiger partial charge >= 0.3 is 5.97 Å². The van der Waals surface area contributed by atoms with Crippen molar-refractivity contribution < 1.29 is 24.2 Å². The minimum Gasteiger partial charge on any atom is -0.479 e. The summed E-state index contributed by atoms with van der Waals surface area (Å²) >= 11 is 0.